The normalized spacial score (nSPS) is 17.1. The molecule has 78 valence electrons. The van der Waals surface area contributed by atoms with Crippen molar-refractivity contribution in [2.75, 3.05) is 13.2 Å². The number of fused-ring (bicyclic) bond motifs is 1. The van der Waals surface area contributed by atoms with Crippen LogP contribution in [-0.4, -0.2) is 19.0 Å². The van der Waals surface area contributed by atoms with Crippen molar-refractivity contribution in [2.45, 2.75) is 6.92 Å². The van der Waals surface area contributed by atoms with Gasteiger partial charge < -0.3 is 9.47 Å². The Hall–Kier alpha value is -1.77. The van der Waals surface area contributed by atoms with E-state index in [4.69, 9.17) is 9.47 Å². The van der Waals surface area contributed by atoms with Gasteiger partial charge in [-0.05, 0) is 19.1 Å². The van der Waals surface area contributed by atoms with Gasteiger partial charge in [-0.2, -0.15) is 0 Å². The Morgan fingerprint density at radius 1 is 1.47 bits per heavy atom. The predicted octanol–water partition coefficient (Wildman–Crippen LogP) is 2.18. The largest absolute Gasteiger partial charge is 0.501 e. The van der Waals surface area contributed by atoms with Crippen molar-refractivity contribution in [3.05, 3.63) is 41.7 Å². The Bertz CT molecular complexity index is 407. The number of carbonyl (C=O) groups is 1. The monoisotopic (exact) mass is 204 g/mol. The van der Waals surface area contributed by atoms with Crippen molar-refractivity contribution in [1.82, 2.24) is 0 Å². The molecule has 0 spiro atoms. The molecule has 0 aromatic heterocycles. The molecule has 0 amide bonds. The van der Waals surface area contributed by atoms with Crippen LogP contribution in [-0.2, 0) is 4.74 Å². The molecular formula is C12H12O3. The number of rotatable bonds is 2. The molecule has 1 heterocycles. The molecule has 1 aromatic carbocycles. The third-order valence-electron chi connectivity index (χ3n) is 2.20. The highest BCUT2D eigenvalue weighted by molar-refractivity contribution is 6.11. The first-order valence-corrected chi connectivity index (χ1v) is 4.90. The fraction of sp³-hybridized carbons (Fsp3) is 0.250. The van der Waals surface area contributed by atoms with Gasteiger partial charge in [-0.25, -0.2) is 0 Å². The second-order valence-corrected chi connectivity index (χ2v) is 3.21. The highest BCUT2D eigenvalue weighted by atomic mass is 16.5. The Morgan fingerprint density at radius 2 is 2.27 bits per heavy atom. The molecule has 1 aromatic rings. The summed E-state index contributed by atoms with van der Waals surface area (Å²) >= 11 is 0. The molecule has 0 radical (unpaired) electrons. The summed E-state index contributed by atoms with van der Waals surface area (Å²) in [5.74, 6) is 0.640. The van der Waals surface area contributed by atoms with Crippen molar-refractivity contribution in [1.29, 1.82) is 0 Å². The van der Waals surface area contributed by atoms with Crippen molar-refractivity contribution < 1.29 is 14.3 Å². The maximum absolute atomic E-state index is 11.9. The Balaban J connectivity index is 2.30. The average molecular weight is 204 g/mol. The third kappa shape index (κ3) is 1.86. The Kier molecular flexibility index (Phi) is 2.72. The quantitative estimate of drug-likeness (QED) is 0.547. The van der Waals surface area contributed by atoms with Crippen molar-refractivity contribution >= 4 is 5.78 Å². The molecule has 15 heavy (non-hydrogen) atoms. The van der Waals surface area contributed by atoms with Crippen LogP contribution in [0.1, 0.15) is 17.3 Å². The third-order valence-corrected chi connectivity index (χ3v) is 2.20. The van der Waals surface area contributed by atoms with Crippen LogP contribution in [0.15, 0.2) is 36.1 Å². The van der Waals surface area contributed by atoms with Crippen molar-refractivity contribution in [3.8, 4) is 5.75 Å². The van der Waals surface area contributed by atoms with Gasteiger partial charge in [-0.15, -0.1) is 0 Å². The number of ether oxygens (including phenoxy) is 2. The van der Waals surface area contributed by atoms with E-state index in [2.05, 4.69) is 0 Å². The first kappa shape index (κ1) is 9.77. The zero-order valence-electron chi connectivity index (χ0n) is 8.53. The van der Waals surface area contributed by atoms with Gasteiger partial charge in [-0.1, -0.05) is 12.1 Å². The van der Waals surface area contributed by atoms with Gasteiger partial charge in [0.2, 0.25) is 0 Å². The number of para-hydroxylation sites is 1. The number of hydrogen-bond donors (Lipinski definition) is 0. The molecule has 0 bridgehead atoms. The summed E-state index contributed by atoms with van der Waals surface area (Å²) in [5, 5.41) is 0. The summed E-state index contributed by atoms with van der Waals surface area (Å²) in [5.41, 5.74) is 1.17. The van der Waals surface area contributed by atoms with E-state index in [1.54, 1.807) is 12.1 Å². The molecular weight excluding hydrogens is 192 g/mol. The zero-order chi connectivity index (χ0) is 10.7. The minimum atomic E-state index is -0.00898. The molecule has 1 aliphatic rings. The number of hydrogen-bond acceptors (Lipinski definition) is 3. The van der Waals surface area contributed by atoms with Gasteiger partial charge in [-0.3, -0.25) is 4.79 Å². The minimum Gasteiger partial charge on any atom is -0.501 e. The highest BCUT2D eigenvalue weighted by Crippen LogP contribution is 2.26. The number of ketones is 1. The molecule has 0 atom stereocenters. The van der Waals surface area contributed by atoms with Gasteiger partial charge in [0.25, 0.3) is 0 Å². The fourth-order valence-electron chi connectivity index (χ4n) is 1.45. The van der Waals surface area contributed by atoms with E-state index >= 15 is 0 Å². The minimum absolute atomic E-state index is 0.00898. The summed E-state index contributed by atoms with van der Waals surface area (Å²) in [7, 11) is 0. The van der Waals surface area contributed by atoms with Gasteiger partial charge in [0.1, 0.15) is 12.4 Å². The topological polar surface area (TPSA) is 35.5 Å². The maximum atomic E-state index is 11.9. The maximum Gasteiger partial charge on any atom is 0.199 e. The standard InChI is InChI=1S/C12H12O3/c1-2-14-7-9-8-15-11-6-4-3-5-10(11)12(9)13/h3-7H,2,8H2,1H3/b9-7-. The fourth-order valence-corrected chi connectivity index (χ4v) is 1.45. The molecule has 1 aliphatic heterocycles. The molecule has 0 fully saturated rings. The molecule has 2 rings (SSSR count). The SMILES string of the molecule is CCO/C=C1/COc2ccccc2C1=O. The van der Waals surface area contributed by atoms with E-state index in [0.29, 0.717) is 23.5 Å². The molecule has 0 aliphatic carbocycles. The zero-order valence-corrected chi connectivity index (χ0v) is 8.53. The molecule has 0 N–H and O–H groups in total. The first-order chi connectivity index (χ1) is 7.33. The molecule has 0 saturated heterocycles. The summed E-state index contributed by atoms with van der Waals surface area (Å²) in [4.78, 5) is 11.9. The van der Waals surface area contributed by atoms with Gasteiger partial charge in [0.15, 0.2) is 5.78 Å². The lowest BCUT2D eigenvalue weighted by atomic mass is 10.0. The Labute approximate surface area is 88.3 Å². The van der Waals surface area contributed by atoms with Crippen LogP contribution in [0.2, 0.25) is 0 Å². The van der Waals surface area contributed by atoms with Crippen LogP contribution in [0, 0.1) is 0 Å². The van der Waals surface area contributed by atoms with E-state index in [-0.39, 0.29) is 12.4 Å². The molecule has 0 saturated carbocycles. The van der Waals surface area contributed by atoms with Gasteiger partial charge >= 0.3 is 0 Å². The lowest BCUT2D eigenvalue weighted by molar-refractivity contribution is 0.0991. The lowest BCUT2D eigenvalue weighted by Gasteiger charge is -2.17. The molecule has 3 heteroatoms. The van der Waals surface area contributed by atoms with E-state index in [1.165, 1.54) is 6.26 Å². The van der Waals surface area contributed by atoms with Gasteiger partial charge in [0.05, 0.1) is 24.0 Å². The van der Waals surface area contributed by atoms with E-state index < -0.39 is 0 Å². The van der Waals surface area contributed by atoms with E-state index in [0.717, 1.165) is 0 Å². The first-order valence-electron chi connectivity index (χ1n) is 4.90. The number of benzene rings is 1. The number of Topliss-reactive ketones (excluding diaryl/α,β-unsaturated/α-hetero) is 1. The summed E-state index contributed by atoms with van der Waals surface area (Å²) < 4.78 is 10.5. The van der Waals surface area contributed by atoms with Gasteiger partial charge in [0, 0.05) is 0 Å². The van der Waals surface area contributed by atoms with Crippen molar-refractivity contribution in [3.63, 3.8) is 0 Å². The van der Waals surface area contributed by atoms with Crippen LogP contribution in [0.4, 0.5) is 0 Å². The predicted molar refractivity (Wildman–Crippen MR) is 56.0 cm³/mol. The van der Waals surface area contributed by atoms with Crippen LogP contribution >= 0.6 is 0 Å². The van der Waals surface area contributed by atoms with Crippen LogP contribution in [0.5, 0.6) is 5.75 Å². The smallest absolute Gasteiger partial charge is 0.199 e. The second kappa shape index (κ2) is 4.17. The average Bonchev–Trinajstić information content (AvgIpc) is 2.29. The van der Waals surface area contributed by atoms with Crippen LogP contribution < -0.4 is 4.74 Å². The van der Waals surface area contributed by atoms with E-state index in [1.807, 2.05) is 19.1 Å². The summed E-state index contributed by atoms with van der Waals surface area (Å²) in [6.07, 6.45) is 1.48. The lowest BCUT2D eigenvalue weighted by Crippen LogP contribution is -2.19. The second-order valence-electron chi connectivity index (χ2n) is 3.21. The van der Waals surface area contributed by atoms with Crippen LogP contribution in [0.3, 0.4) is 0 Å². The summed E-state index contributed by atoms with van der Waals surface area (Å²) in [6.45, 7) is 2.72. The van der Waals surface area contributed by atoms with E-state index in [9.17, 15) is 4.79 Å². The summed E-state index contributed by atoms with van der Waals surface area (Å²) in [6, 6.07) is 7.23. The number of carbonyl (C=O) groups excluding carboxylic acids is 1. The Morgan fingerprint density at radius 3 is 3.07 bits per heavy atom. The molecule has 3 nitrogen and oxygen atoms in total. The molecule has 0 unspecified atom stereocenters. The highest BCUT2D eigenvalue weighted by Gasteiger charge is 2.22. The van der Waals surface area contributed by atoms with Crippen molar-refractivity contribution in [2.24, 2.45) is 0 Å². The van der Waals surface area contributed by atoms with Crippen LogP contribution in [0.25, 0.3) is 0 Å².